The number of anilines is 1. The number of rotatable bonds is 4. The molecule has 4 nitrogen and oxygen atoms in total. The number of fused-ring (bicyclic) bond motifs is 1. The maximum absolute atomic E-state index is 13.0. The summed E-state index contributed by atoms with van der Waals surface area (Å²) in [6.45, 7) is 5.56. The Morgan fingerprint density at radius 1 is 0.967 bits per heavy atom. The molecule has 0 N–H and O–H groups in total. The Hall–Kier alpha value is -3.40. The van der Waals surface area contributed by atoms with E-state index in [2.05, 4.69) is 79.1 Å². The molecule has 1 aromatic heterocycles. The Morgan fingerprint density at radius 3 is 2.57 bits per heavy atom. The predicted molar refractivity (Wildman–Crippen MR) is 121 cm³/mol. The van der Waals surface area contributed by atoms with E-state index in [9.17, 15) is 4.79 Å². The van der Waals surface area contributed by atoms with Gasteiger partial charge in [0.1, 0.15) is 5.82 Å². The van der Waals surface area contributed by atoms with Crippen LogP contribution in [0.4, 0.5) is 5.69 Å². The van der Waals surface area contributed by atoms with Gasteiger partial charge in [0, 0.05) is 31.1 Å². The molecule has 4 heteroatoms. The van der Waals surface area contributed by atoms with Crippen LogP contribution in [0.3, 0.4) is 0 Å². The van der Waals surface area contributed by atoms with E-state index in [-0.39, 0.29) is 11.8 Å². The molecule has 4 aromatic rings. The normalized spacial score (nSPS) is 16.5. The summed E-state index contributed by atoms with van der Waals surface area (Å²) in [5, 5.41) is 0. The maximum atomic E-state index is 13.0. The first-order chi connectivity index (χ1) is 14.6. The SMILES string of the molecule is Cc1ccc(C)c(N2C[C@H](c3nc4ccccc4n3Cc3ccccc3)CC2=O)c1. The average molecular weight is 396 g/mol. The standard InChI is InChI=1S/C26H25N3O/c1-18-12-13-19(2)24(14-18)28-17-21(15-25(28)30)26-27-22-10-6-7-11-23(22)29(26)16-20-8-4-3-5-9-20/h3-14,21H,15-17H2,1-2H3/t21-/m1/s1. The number of amides is 1. The molecule has 2 heterocycles. The summed E-state index contributed by atoms with van der Waals surface area (Å²) in [5.41, 5.74) is 6.66. The number of hydrogen-bond acceptors (Lipinski definition) is 2. The van der Waals surface area contributed by atoms with E-state index in [4.69, 9.17) is 4.98 Å². The number of hydrogen-bond donors (Lipinski definition) is 0. The molecule has 1 aliphatic rings. The van der Waals surface area contributed by atoms with Gasteiger partial charge in [0.05, 0.1) is 11.0 Å². The molecule has 1 saturated heterocycles. The molecule has 0 bridgehead atoms. The van der Waals surface area contributed by atoms with Crippen molar-refractivity contribution in [2.45, 2.75) is 32.7 Å². The Bertz CT molecular complexity index is 1230. The van der Waals surface area contributed by atoms with Crippen molar-refractivity contribution in [3.8, 4) is 0 Å². The fourth-order valence-electron chi connectivity index (χ4n) is 4.46. The van der Waals surface area contributed by atoms with Crippen LogP contribution < -0.4 is 4.90 Å². The fraction of sp³-hybridized carbons (Fsp3) is 0.231. The minimum atomic E-state index is 0.0773. The van der Waals surface area contributed by atoms with Gasteiger partial charge in [0.2, 0.25) is 5.91 Å². The Kier molecular flexibility index (Phi) is 4.62. The minimum Gasteiger partial charge on any atom is -0.323 e. The lowest BCUT2D eigenvalue weighted by Crippen LogP contribution is -2.25. The summed E-state index contributed by atoms with van der Waals surface area (Å²) < 4.78 is 2.29. The second-order valence-electron chi connectivity index (χ2n) is 8.23. The molecule has 0 saturated carbocycles. The van der Waals surface area contributed by atoms with E-state index in [0.717, 1.165) is 34.7 Å². The molecule has 0 aliphatic carbocycles. The summed E-state index contributed by atoms with van der Waals surface area (Å²) in [7, 11) is 0. The van der Waals surface area contributed by atoms with Crippen molar-refractivity contribution in [1.82, 2.24) is 9.55 Å². The maximum Gasteiger partial charge on any atom is 0.227 e. The van der Waals surface area contributed by atoms with Crippen LogP contribution in [-0.2, 0) is 11.3 Å². The lowest BCUT2D eigenvalue weighted by atomic mass is 10.1. The zero-order valence-electron chi connectivity index (χ0n) is 17.4. The van der Waals surface area contributed by atoms with Gasteiger partial charge in [-0.05, 0) is 48.7 Å². The van der Waals surface area contributed by atoms with Gasteiger partial charge < -0.3 is 9.47 Å². The molecule has 0 spiro atoms. The quantitative estimate of drug-likeness (QED) is 0.475. The van der Waals surface area contributed by atoms with Gasteiger partial charge in [-0.15, -0.1) is 0 Å². The van der Waals surface area contributed by atoms with E-state index >= 15 is 0 Å². The van der Waals surface area contributed by atoms with Gasteiger partial charge in [-0.1, -0.05) is 54.6 Å². The minimum absolute atomic E-state index is 0.0773. The van der Waals surface area contributed by atoms with Crippen LogP contribution >= 0.6 is 0 Å². The van der Waals surface area contributed by atoms with Crippen LogP contribution in [0.25, 0.3) is 11.0 Å². The topological polar surface area (TPSA) is 38.1 Å². The number of aromatic nitrogens is 2. The summed E-state index contributed by atoms with van der Waals surface area (Å²) in [4.78, 5) is 19.9. The number of carbonyl (C=O) groups is 1. The Labute approximate surface area is 176 Å². The molecule has 3 aromatic carbocycles. The third-order valence-electron chi connectivity index (χ3n) is 6.01. The smallest absolute Gasteiger partial charge is 0.227 e. The van der Waals surface area contributed by atoms with E-state index in [0.29, 0.717) is 13.0 Å². The van der Waals surface area contributed by atoms with Crippen LogP contribution in [0, 0.1) is 13.8 Å². The predicted octanol–water partition coefficient (Wildman–Crippen LogP) is 5.22. The first kappa shape index (κ1) is 18.6. The van der Waals surface area contributed by atoms with Crippen molar-refractivity contribution >= 4 is 22.6 Å². The van der Waals surface area contributed by atoms with Gasteiger partial charge in [-0.25, -0.2) is 4.98 Å². The molecule has 150 valence electrons. The number of benzene rings is 3. The number of imidazole rings is 1. The van der Waals surface area contributed by atoms with Crippen molar-refractivity contribution in [3.05, 3.63) is 95.3 Å². The van der Waals surface area contributed by atoms with Gasteiger partial charge in [-0.2, -0.15) is 0 Å². The molecular weight excluding hydrogens is 370 g/mol. The van der Waals surface area contributed by atoms with E-state index in [1.807, 2.05) is 17.0 Å². The van der Waals surface area contributed by atoms with E-state index in [1.165, 1.54) is 11.1 Å². The van der Waals surface area contributed by atoms with E-state index < -0.39 is 0 Å². The molecule has 1 aliphatic heterocycles. The van der Waals surface area contributed by atoms with Crippen molar-refractivity contribution < 1.29 is 4.79 Å². The highest BCUT2D eigenvalue weighted by atomic mass is 16.2. The van der Waals surface area contributed by atoms with Crippen LogP contribution in [0.2, 0.25) is 0 Å². The fourth-order valence-corrected chi connectivity index (χ4v) is 4.46. The summed E-state index contributed by atoms with van der Waals surface area (Å²) in [5.74, 6) is 1.25. The lowest BCUT2D eigenvalue weighted by molar-refractivity contribution is -0.117. The van der Waals surface area contributed by atoms with Crippen molar-refractivity contribution in [2.75, 3.05) is 11.4 Å². The van der Waals surface area contributed by atoms with E-state index in [1.54, 1.807) is 0 Å². The van der Waals surface area contributed by atoms with Crippen LogP contribution in [0.15, 0.2) is 72.8 Å². The van der Waals surface area contributed by atoms with Crippen molar-refractivity contribution in [2.24, 2.45) is 0 Å². The molecule has 1 amide bonds. The van der Waals surface area contributed by atoms with Crippen LogP contribution in [-0.4, -0.2) is 22.0 Å². The summed E-state index contributed by atoms with van der Waals surface area (Å²) >= 11 is 0. The molecular formula is C26H25N3O. The molecule has 5 rings (SSSR count). The second kappa shape index (κ2) is 7.45. The van der Waals surface area contributed by atoms with Crippen LogP contribution in [0.1, 0.15) is 34.9 Å². The zero-order valence-corrected chi connectivity index (χ0v) is 17.4. The third kappa shape index (κ3) is 3.28. The highest BCUT2D eigenvalue weighted by Gasteiger charge is 2.35. The van der Waals surface area contributed by atoms with Gasteiger partial charge >= 0.3 is 0 Å². The molecule has 1 fully saturated rings. The Balaban J connectivity index is 1.54. The first-order valence-corrected chi connectivity index (χ1v) is 10.5. The molecule has 0 unspecified atom stereocenters. The highest BCUT2D eigenvalue weighted by Crippen LogP contribution is 2.35. The van der Waals surface area contributed by atoms with Crippen molar-refractivity contribution in [1.29, 1.82) is 0 Å². The van der Waals surface area contributed by atoms with Gasteiger partial charge in [0.15, 0.2) is 0 Å². The van der Waals surface area contributed by atoms with Crippen LogP contribution in [0.5, 0.6) is 0 Å². The van der Waals surface area contributed by atoms with Gasteiger partial charge in [-0.3, -0.25) is 4.79 Å². The molecule has 30 heavy (non-hydrogen) atoms. The highest BCUT2D eigenvalue weighted by molar-refractivity contribution is 5.97. The zero-order chi connectivity index (χ0) is 20.7. The average Bonchev–Trinajstić information content (AvgIpc) is 3.31. The van der Waals surface area contributed by atoms with Gasteiger partial charge in [0.25, 0.3) is 0 Å². The largest absolute Gasteiger partial charge is 0.323 e. The summed E-state index contributed by atoms with van der Waals surface area (Å²) in [6, 6.07) is 25.0. The number of aryl methyl sites for hydroxylation is 2. The molecule has 1 atom stereocenters. The van der Waals surface area contributed by atoms with Crippen molar-refractivity contribution in [3.63, 3.8) is 0 Å². The molecule has 0 radical (unpaired) electrons. The number of para-hydroxylation sites is 2. The monoisotopic (exact) mass is 395 g/mol. The first-order valence-electron chi connectivity index (χ1n) is 10.5. The third-order valence-corrected chi connectivity index (χ3v) is 6.01. The number of nitrogens with zero attached hydrogens (tertiary/aromatic N) is 3. The summed E-state index contributed by atoms with van der Waals surface area (Å²) in [6.07, 6.45) is 0.492. The number of carbonyl (C=O) groups excluding carboxylic acids is 1. The Morgan fingerprint density at radius 2 is 1.73 bits per heavy atom. The second-order valence-corrected chi connectivity index (χ2v) is 8.23. The lowest BCUT2D eigenvalue weighted by Gasteiger charge is -2.20.